The molecular weight excluding hydrogens is 338 g/mol. The minimum Gasteiger partial charge on any atom is -0.394 e. The van der Waals surface area contributed by atoms with Gasteiger partial charge in [0.25, 0.3) is 0 Å². The minimum absolute atomic E-state index is 0.187. The van der Waals surface area contributed by atoms with Crippen molar-refractivity contribution in [1.82, 2.24) is 5.32 Å². The first kappa shape index (κ1) is 18.8. The Bertz CT molecular complexity index is 767. The van der Waals surface area contributed by atoms with E-state index >= 15 is 0 Å². The van der Waals surface area contributed by atoms with Crippen molar-refractivity contribution >= 4 is 16.7 Å². The summed E-state index contributed by atoms with van der Waals surface area (Å²) in [7, 11) is 0. The number of aliphatic hydroxyl groups is 3. The average molecular weight is 361 g/mol. The molecule has 7 heteroatoms. The van der Waals surface area contributed by atoms with Crippen LogP contribution >= 0.6 is 0 Å². The van der Waals surface area contributed by atoms with Crippen molar-refractivity contribution in [3.05, 3.63) is 48.0 Å². The van der Waals surface area contributed by atoms with Crippen molar-refractivity contribution in [2.45, 2.75) is 44.2 Å². The summed E-state index contributed by atoms with van der Waals surface area (Å²) in [5.41, 5.74) is 0.898. The van der Waals surface area contributed by atoms with Crippen LogP contribution in [0.2, 0.25) is 0 Å². The van der Waals surface area contributed by atoms with E-state index in [1.165, 1.54) is 6.92 Å². The van der Waals surface area contributed by atoms with Crippen LogP contribution in [0.15, 0.2) is 42.5 Å². The van der Waals surface area contributed by atoms with Crippen molar-refractivity contribution < 1.29 is 29.6 Å². The Labute approximate surface area is 151 Å². The summed E-state index contributed by atoms with van der Waals surface area (Å²) in [6, 6.07) is 12.9. The first-order valence-electron chi connectivity index (χ1n) is 8.48. The summed E-state index contributed by atoms with van der Waals surface area (Å²) in [5.74, 6) is -0.383. The molecule has 1 fully saturated rings. The van der Waals surface area contributed by atoms with Crippen LogP contribution in [0.25, 0.3) is 10.8 Å². The zero-order valence-corrected chi connectivity index (χ0v) is 14.4. The molecule has 7 nitrogen and oxygen atoms in total. The van der Waals surface area contributed by atoms with Crippen LogP contribution < -0.4 is 5.32 Å². The van der Waals surface area contributed by atoms with Crippen molar-refractivity contribution in [3.8, 4) is 0 Å². The van der Waals surface area contributed by atoms with E-state index in [2.05, 4.69) is 5.32 Å². The second kappa shape index (κ2) is 8.11. The number of hydrogen-bond donors (Lipinski definition) is 4. The van der Waals surface area contributed by atoms with Gasteiger partial charge in [-0.3, -0.25) is 4.79 Å². The lowest BCUT2D eigenvalue weighted by molar-refractivity contribution is -0.273. The molecule has 4 N–H and O–H groups in total. The van der Waals surface area contributed by atoms with Gasteiger partial charge in [0.2, 0.25) is 5.91 Å². The first-order chi connectivity index (χ1) is 12.5. The normalized spacial score (nSPS) is 28.8. The molecule has 1 aliphatic heterocycles. The average Bonchev–Trinajstić information content (AvgIpc) is 2.64. The maximum atomic E-state index is 11.4. The summed E-state index contributed by atoms with van der Waals surface area (Å²) in [6.07, 6.45) is -4.62. The molecule has 2 aromatic carbocycles. The van der Waals surface area contributed by atoms with Crippen molar-refractivity contribution in [2.24, 2.45) is 0 Å². The van der Waals surface area contributed by atoms with E-state index in [0.717, 1.165) is 16.3 Å². The monoisotopic (exact) mass is 361 g/mol. The molecule has 0 unspecified atom stereocenters. The topological polar surface area (TPSA) is 108 Å². The van der Waals surface area contributed by atoms with Crippen LogP contribution in [0.4, 0.5) is 0 Å². The van der Waals surface area contributed by atoms with E-state index in [9.17, 15) is 20.1 Å². The fourth-order valence-electron chi connectivity index (χ4n) is 3.12. The van der Waals surface area contributed by atoms with E-state index < -0.39 is 37.3 Å². The smallest absolute Gasteiger partial charge is 0.217 e. The van der Waals surface area contributed by atoms with Gasteiger partial charge in [0.05, 0.1) is 13.2 Å². The molecular formula is C19H23NO6. The molecule has 0 spiro atoms. The molecule has 0 saturated carbocycles. The van der Waals surface area contributed by atoms with Gasteiger partial charge in [0.1, 0.15) is 24.4 Å². The van der Waals surface area contributed by atoms with E-state index in [-0.39, 0.29) is 12.5 Å². The van der Waals surface area contributed by atoms with Gasteiger partial charge >= 0.3 is 0 Å². The number of amides is 1. The lowest BCUT2D eigenvalue weighted by atomic mass is 9.97. The number of fused-ring (bicyclic) bond motifs is 1. The Morgan fingerprint density at radius 2 is 1.88 bits per heavy atom. The van der Waals surface area contributed by atoms with Crippen LogP contribution in [0, 0.1) is 0 Å². The number of aliphatic hydroxyl groups excluding tert-OH is 3. The van der Waals surface area contributed by atoms with Crippen LogP contribution in [0.3, 0.4) is 0 Å². The van der Waals surface area contributed by atoms with Crippen molar-refractivity contribution in [3.63, 3.8) is 0 Å². The Kier molecular flexibility index (Phi) is 5.85. The molecule has 1 aliphatic rings. The Hall–Kier alpha value is -2.03. The molecule has 1 heterocycles. The Balaban J connectivity index is 1.74. The second-order valence-corrected chi connectivity index (χ2v) is 6.43. The highest BCUT2D eigenvalue weighted by molar-refractivity contribution is 5.82. The van der Waals surface area contributed by atoms with Crippen molar-refractivity contribution in [1.29, 1.82) is 0 Å². The summed E-state index contributed by atoms with van der Waals surface area (Å²) in [4.78, 5) is 11.4. The van der Waals surface area contributed by atoms with Gasteiger partial charge in [-0.1, -0.05) is 36.4 Å². The predicted octanol–water partition coefficient (Wildman–Crippen LogP) is 0.300. The van der Waals surface area contributed by atoms with Gasteiger partial charge in [-0.15, -0.1) is 0 Å². The van der Waals surface area contributed by atoms with Crippen LogP contribution in [0.1, 0.15) is 12.5 Å². The molecule has 26 heavy (non-hydrogen) atoms. The lowest BCUT2D eigenvalue weighted by Crippen LogP contribution is -2.64. The number of carbonyl (C=O) groups is 1. The highest BCUT2D eigenvalue weighted by Crippen LogP contribution is 2.24. The van der Waals surface area contributed by atoms with Gasteiger partial charge in [0, 0.05) is 6.92 Å². The van der Waals surface area contributed by atoms with E-state index in [4.69, 9.17) is 9.47 Å². The van der Waals surface area contributed by atoms with Gasteiger partial charge < -0.3 is 30.1 Å². The standard InChI is InChI=1S/C19H23NO6/c1-11(22)20-16-18(24)17(23)15(9-21)26-19(16)25-10-12-6-7-13-4-2-3-5-14(13)8-12/h2-8,15-19,21,23-24H,9-10H2,1H3,(H,20,22)/t15-,16+,17+,18-,19-/m0/s1. The molecule has 1 amide bonds. The van der Waals surface area contributed by atoms with Gasteiger partial charge in [-0.2, -0.15) is 0 Å². The lowest BCUT2D eigenvalue weighted by Gasteiger charge is -2.42. The third-order valence-electron chi connectivity index (χ3n) is 4.48. The highest BCUT2D eigenvalue weighted by atomic mass is 16.7. The molecule has 1 saturated heterocycles. The maximum Gasteiger partial charge on any atom is 0.217 e. The number of carbonyl (C=O) groups excluding carboxylic acids is 1. The van der Waals surface area contributed by atoms with E-state index in [1.807, 2.05) is 42.5 Å². The fraction of sp³-hybridized carbons (Fsp3) is 0.421. The van der Waals surface area contributed by atoms with E-state index in [0.29, 0.717) is 0 Å². The minimum atomic E-state index is -1.32. The molecule has 0 aromatic heterocycles. The van der Waals surface area contributed by atoms with E-state index in [1.54, 1.807) is 0 Å². The third kappa shape index (κ3) is 4.03. The number of nitrogens with one attached hydrogen (secondary N) is 1. The number of rotatable bonds is 5. The van der Waals surface area contributed by atoms with Crippen LogP contribution in [-0.4, -0.2) is 58.5 Å². The molecule has 0 radical (unpaired) electrons. The number of benzene rings is 2. The van der Waals surface area contributed by atoms with Crippen LogP contribution in [-0.2, 0) is 20.9 Å². The molecule has 3 rings (SSSR count). The second-order valence-electron chi connectivity index (χ2n) is 6.43. The van der Waals surface area contributed by atoms with Gasteiger partial charge in [-0.05, 0) is 22.4 Å². The zero-order chi connectivity index (χ0) is 18.7. The summed E-state index contributed by atoms with van der Waals surface area (Å²) in [5, 5.41) is 34.3. The SMILES string of the molecule is CC(=O)N[C@H]1[C@@H](OCc2ccc3ccccc3c2)O[C@@H](CO)[C@@H](O)[C@H]1O. The number of ether oxygens (including phenoxy) is 2. The first-order valence-corrected chi connectivity index (χ1v) is 8.48. The highest BCUT2D eigenvalue weighted by Gasteiger charge is 2.45. The summed E-state index contributed by atoms with van der Waals surface area (Å²) in [6.45, 7) is 1.02. The van der Waals surface area contributed by atoms with Gasteiger partial charge in [-0.25, -0.2) is 0 Å². The largest absolute Gasteiger partial charge is 0.394 e. The molecule has 0 bridgehead atoms. The molecule has 0 aliphatic carbocycles. The summed E-state index contributed by atoms with van der Waals surface area (Å²) >= 11 is 0. The molecule has 2 aromatic rings. The zero-order valence-electron chi connectivity index (χ0n) is 14.4. The predicted molar refractivity (Wildman–Crippen MR) is 94.1 cm³/mol. The maximum absolute atomic E-state index is 11.4. The van der Waals surface area contributed by atoms with Crippen LogP contribution in [0.5, 0.6) is 0 Å². The van der Waals surface area contributed by atoms with Crippen molar-refractivity contribution in [2.75, 3.05) is 6.61 Å². The molecule has 5 atom stereocenters. The fourth-order valence-corrected chi connectivity index (χ4v) is 3.12. The molecule has 140 valence electrons. The quantitative estimate of drug-likeness (QED) is 0.610. The van der Waals surface area contributed by atoms with Gasteiger partial charge in [0.15, 0.2) is 6.29 Å². The number of hydrogen-bond acceptors (Lipinski definition) is 6. The Morgan fingerprint density at radius 1 is 1.15 bits per heavy atom. The Morgan fingerprint density at radius 3 is 2.58 bits per heavy atom. The third-order valence-corrected chi connectivity index (χ3v) is 4.48. The summed E-state index contributed by atoms with van der Waals surface area (Å²) < 4.78 is 11.3.